The SMILES string of the molecule is COC1(C(F)F)CC(CBr)C1. The van der Waals surface area contributed by atoms with Gasteiger partial charge in [-0.2, -0.15) is 0 Å². The summed E-state index contributed by atoms with van der Waals surface area (Å²) >= 11 is 3.26. The van der Waals surface area contributed by atoms with Crippen molar-refractivity contribution in [3.63, 3.8) is 0 Å². The highest BCUT2D eigenvalue weighted by Gasteiger charge is 2.51. The number of rotatable bonds is 3. The average Bonchev–Trinajstić information content (AvgIpc) is 1.86. The van der Waals surface area contributed by atoms with E-state index in [4.69, 9.17) is 4.74 Å². The molecule has 4 heteroatoms. The average molecular weight is 229 g/mol. The van der Waals surface area contributed by atoms with Gasteiger partial charge in [-0.05, 0) is 18.8 Å². The molecule has 0 aromatic rings. The summed E-state index contributed by atoms with van der Waals surface area (Å²) in [5.41, 5.74) is -1.13. The zero-order valence-electron chi connectivity index (χ0n) is 6.32. The van der Waals surface area contributed by atoms with Crippen molar-refractivity contribution >= 4 is 15.9 Å². The normalized spacial score (nSPS) is 37.4. The van der Waals surface area contributed by atoms with Crippen LogP contribution in [0.5, 0.6) is 0 Å². The van der Waals surface area contributed by atoms with Crippen molar-refractivity contribution in [3.05, 3.63) is 0 Å². The van der Waals surface area contributed by atoms with Crippen LogP contribution in [0.3, 0.4) is 0 Å². The Morgan fingerprint density at radius 3 is 2.45 bits per heavy atom. The molecule has 0 aromatic carbocycles. The van der Waals surface area contributed by atoms with Crippen molar-refractivity contribution in [2.24, 2.45) is 5.92 Å². The van der Waals surface area contributed by atoms with Crippen LogP contribution < -0.4 is 0 Å². The Labute approximate surface area is 73.2 Å². The molecule has 0 aliphatic heterocycles. The lowest BCUT2D eigenvalue weighted by molar-refractivity contribution is -0.183. The molecule has 11 heavy (non-hydrogen) atoms. The first kappa shape index (κ1) is 9.39. The molecular weight excluding hydrogens is 218 g/mol. The van der Waals surface area contributed by atoms with Gasteiger partial charge in [-0.15, -0.1) is 0 Å². The molecule has 1 aliphatic carbocycles. The van der Waals surface area contributed by atoms with Crippen molar-refractivity contribution in [3.8, 4) is 0 Å². The number of hydrogen-bond acceptors (Lipinski definition) is 1. The second kappa shape index (κ2) is 3.35. The molecule has 1 aliphatic rings. The highest BCUT2D eigenvalue weighted by Crippen LogP contribution is 2.45. The van der Waals surface area contributed by atoms with Crippen LogP contribution in [0.1, 0.15) is 12.8 Å². The minimum atomic E-state index is -2.34. The number of halogens is 3. The van der Waals surface area contributed by atoms with Gasteiger partial charge in [0.15, 0.2) is 0 Å². The first-order chi connectivity index (χ1) is 5.14. The molecule has 1 saturated carbocycles. The predicted molar refractivity (Wildman–Crippen MR) is 42.3 cm³/mol. The lowest BCUT2D eigenvalue weighted by atomic mass is 9.72. The Hall–Kier alpha value is 0.300. The van der Waals surface area contributed by atoms with Crippen LogP contribution in [0.4, 0.5) is 8.78 Å². The minimum absolute atomic E-state index is 0.365. The van der Waals surface area contributed by atoms with E-state index in [2.05, 4.69) is 15.9 Å². The van der Waals surface area contributed by atoms with Crippen molar-refractivity contribution < 1.29 is 13.5 Å². The van der Waals surface area contributed by atoms with E-state index in [1.165, 1.54) is 7.11 Å². The van der Waals surface area contributed by atoms with Crippen LogP contribution in [-0.2, 0) is 4.74 Å². The van der Waals surface area contributed by atoms with E-state index in [0.29, 0.717) is 18.8 Å². The number of alkyl halides is 3. The summed E-state index contributed by atoms with van der Waals surface area (Å²) in [5, 5.41) is 0.796. The molecule has 0 atom stereocenters. The van der Waals surface area contributed by atoms with E-state index < -0.39 is 12.0 Å². The Morgan fingerprint density at radius 1 is 1.64 bits per heavy atom. The Balaban J connectivity index is 2.43. The highest BCUT2D eigenvalue weighted by molar-refractivity contribution is 9.09. The number of methoxy groups -OCH3 is 1. The zero-order chi connectivity index (χ0) is 8.48. The van der Waals surface area contributed by atoms with Gasteiger partial charge in [0.25, 0.3) is 6.43 Å². The second-order valence-corrected chi connectivity index (χ2v) is 3.65. The Kier molecular flexibility index (Phi) is 2.86. The quantitative estimate of drug-likeness (QED) is 0.675. The fourth-order valence-corrected chi connectivity index (χ4v) is 1.92. The fourth-order valence-electron chi connectivity index (χ4n) is 1.46. The Bertz CT molecular complexity index is 134. The van der Waals surface area contributed by atoms with Crippen LogP contribution in [0.2, 0.25) is 0 Å². The van der Waals surface area contributed by atoms with E-state index in [1.54, 1.807) is 0 Å². The van der Waals surface area contributed by atoms with Crippen molar-refractivity contribution in [2.45, 2.75) is 24.9 Å². The second-order valence-electron chi connectivity index (χ2n) is 3.00. The molecule has 1 rings (SSSR count). The van der Waals surface area contributed by atoms with E-state index in [1.807, 2.05) is 0 Å². The molecule has 0 N–H and O–H groups in total. The third-order valence-electron chi connectivity index (χ3n) is 2.29. The smallest absolute Gasteiger partial charge is 0.267 e. The summed E-state index contributed by atoms with van der Waals surface area (Å²) in [6, 6.07) is 0. The molecular formula is C7H11BrF2O. The molecule has 0 unspecified atom stereocenters. The molecule has 0 heterocycles. The maximum absolute atomic E-state index is 12.3. The molecule has 0 radical (unpaired) electrons. The molecule has 66 valence electrons. The Morgan fingerprint density at radius 2 is 2.18 bits per heavy atom. The fraction of sp³-hybridized carbons (Fsp3) is 1.00. The van der Waals surface area contributed by atoms with Crippen LogP contribution >= 0.6 is 15.9 Å². The topological polar surface area (TPSA) is 9.23 Å². The van der Waals surface area contributed by atoms with E-state index in [0.717, 1.165) is 5.33 Å². The maximum atomic E-state index is 12.3. The number of ether oxygens (including phenoxy) is 1. The first-order valence-corrected chi connectivity index (χ1v) is 4.66. The van der Waals surface area contributed by atoms with Gasteiger partial charge >= 0.3 is 0 Å². The first-order valence-electron chi connectivity index (χ1n) is 3.54. The van der Waals surface area contributed by atoms with Gasteiger partial charge in [0.05, 0.1) is 0 Å². The van der Waals surface area contributed by atoms with Gasteiger partial charge < -0.3 is 4.74 Å². The van der Waals surface area contributed by atoms with Gasteiger partial charge in [0.2, 0.25) is 0 Å². The summed E-state index contributed by atoms with van der Waals surface area (Å²) in [6.07, 6.45) is -1.39. The van der Waals surface area contributed by atoms with Gasteiger partial charge in [0, 0.05) is 12.4 Å². The van der Waals surface area contributed by atoms with Crippen molar-refractivity contribution in [1.82, 2.24) is 0 Å². The van der Waals surface area contributed by atoms with Crippen molar-refractivity contribution in [1.29, 1.82) is 0 Å². The van der Waals surface area contributed by atoms with Gasteiger partial charge in [0.1, 0.15) is 5.60 Å². The predicted octanol–water partition coefficient (Wildman–Crippen LogP) is 2.44. The van der Waals surface area contributed by atoms with Gasteiger partial charge in [-0.3, -0.25) is 0 Å². The lowest BCUT2D eigenvalue weighted by Gasteiger charge is -2.45. The summed E-state index contributed by atoms with van der Waals surface area (Å²) in [4.78, 5) is 0. The molecule has 0 saturated heterocycles. The van der Waals surface area contributed by atoms with Crippen LogP contribution in [0, 0.1) is 5.92 Å². The van der Waals surface area contributed by atoms with Crippen LogP contribution in [-0.4, -0.2) is 24.5 Å². The summed E-state index contributed by atoms with van der Waals surface area (Å²) < 4.78 is 29.4. The zero-order valence-corrected chi connectivity index (χ0v) is 7.90. The monoisotopic (exact) mass is 228 g/mol. The van der Waals surface area contributed by atoms with Crippen LogP contribution in [0.15, 0.2) is 0 Å². The largest absolute Gasteiger partial charge is 0.372 e. The standard InChI is InChI=1S/C7H11BrF2O/c1-11-7(6(9)10)2-5(3-7)4-8/h5-6H,2-4H2,1H3. The molecule has 1 fully saturated rings. The third-order valence-corrected chi connectivity index (χ3v) is 3.21. The van der Waals surface area contributed by atoms with E-state index in [9.17, 15) is 8.78 Å². The maximum Gasteiger partial charge on any atom is 0.267 e. The van der Waals surface area contributed by atoms with Crippen LogP contribution in [0.25, 0.3) is 0 Å². The molecule has 0 amide bonds. The number of hydrogen-bond donors (Lipinski definition) is 0. The summed E-state index contributed by atoms with van der Waals surface area (Å²) in [6.45, 7) is 0. The summed E-state index contributed by atoms with van der Waals surface area (Å²) in [7, 11) is 1.36. The van der Waals surface area contributed by atoms with Gasteiger partial charge in [-0.1, -0.05) is 15.9 Å². The molecule has 0 spiro atoms. The van der Waals surface area contributed by atoms with Gasteiger partial charge in [-0.25, -0.2) is 8.78 Å². The highest BCUT2D eigenvalue weighted by atomic mass is 79.9. The van der Waals surface area contributed by atoms with E-state index >= 15 is 0 Å². The lowest BCUT2D eigenvalue weighted by Crippen LogP contribution is -2.51. The van der Waals surface area contributed by atoms with E-state index in [-0.39, 0.29) is 0 Å². The minimum Gasteiger partial charge on any atom is -0.372 e. The third kappa shape index (κ3) is 1.56. The molecule has 0 aromatic heterocycles. The molecule has 0 bridgehead atoms. The van der Waals surface area contributed by atoms with Crippen molar-refractivity contribution in [2.75, 3.05) is 12.4 Å². The summed E-state index contributed by atoms with van der Waals surface area (Å²) in [5.74, 6) is 0.365. The molecule has 1 nitrogen and oxygen atoms in total.